The number of hydrogen-bond donors (Lipinski definition) is 1. The third-order valence-corrected chi connectivity index (χ3v) is 5.57. The van der Waals surface area contributed by atoms with Crippen LogP contribution in [0.2, 0.25) is 0 Å². The maximum absolute atomic E-state index is 12.7. The number of carbonyl (C=O) groups excluding carboxylic acids is 1. The molecule has 0 bridgehead atoms. The Morgan fingerprint density at radius 1 is 1.04 bits per heavy atom. The Bertz CT molecular complexity index is 767. The van der Waals surface area contributed by atoms with E-state index >= 15 is 0 Å². The predicted octanol–water partition coefficient (Wildman–Crippen LogP) is 3.53. The summed E-state index contributed by atoms with van der Waals surface area (Å²) in [6, 6.07) is 8.21. The van der Waals surface area contributed by atoms with Crippen molar-refractivity contribution in [3.05, 3.63) is 30.2 Å². The molecule has 0 radical (unpaired) electrons. The number of rotatable bonds is 3. The van der Waals surface area contributed by atoms with Gasteiger partial charge in [-0.15, -0.1) is 10.2 Å². The van der Waals surface area contributed by atoms with Crippen LogP contribution in [0.5, 0.6) is 0 Å². The van der Waals surface area contributed by atoms with E-state index in [1.54, 1.807) is 6.92 Å². The molecule has 1 N–H and O–H groups in total. The van der Waals surface area contributed by atoms with Crippen LogP contribution in [0.1, 0.15) is 38.0 Å². The second-order valence-electron chi connectivity index (χ2n) is 7.45. The van der Waals surface area contributed by atoms with Crippen molar-refractivity contribution in [3.8, 4) is 11.5 Å². The molecule has 1 saturated carbocycles. The van der Waals surface area contributed by atoms with E-state index in [0.29, 0.717) is 11.8 Å². The van der Waals surface area contributed by atoms with E-state index in [2.05, 4.69) is 20.4 Å². The van der Waals surface area contributed by atoms with Crippen molar-refractivity contribution in [2.24, 2.45) is 0 Å². The summed E-state index contributed by atoms with van der Waals surface area (Å²) in [5.74, 6) is 1.03. The van der Waals surface area contributed by atoms with Gasteiger partial charge in [0, 0.05) is 50.4 Å². The van der Waals surface area contributed by atoms with Gasteiger partial charge in [-0.25, -0.2) is 4.79 Å². The summed E-state index contributed by atoms with van der Waals surface area (Å²) >= 11 is 0. The number of aromatic nitrogens is 2. The first-order valence-electron chi connectivity index (χ1n) is 9.89. The molecule has 0 spiro atoms. The highest BCUT2D eigenvalue weighted by molar-refractivity contribution is 5.89. The number of anilines is 1. The number of carbonyl (C=O) groups is 1. The molecule has 1 aliphatic heterocycles. The normalized spacial score (nSPS) is 19.2. The fraction of sp³-hybridized carbons (Fsp3) is 0.550. The van der Waals surface area contributed by atoms with Crippen LogP contribution in [0.15, 0.2) is 28.7 Å². The fourth-order valence-electron chi connectivity index (χ4n) is 4.09. The van der Waals surface area contributed by atoms with Crippen LogP contribution < -0.4 is 5.32 Å². The molecule has 4 rings (SSSR count). The minimum Gasteiger partial charge on any atom is -0.421 e. The van der Waals surface area contributed by atoms with Gasteiger partial charge < -0.3 is 14.6 Å². The number of aryl methyl sites for hydroxylation is 1. The predicted molar refractivity (Wildman–Crippen MR) is 104 cm³/mol. The van der Waals surface area contributed by atoms with E-state index in [-0.39, 0.29) is 6.03 Å². The molecule has 0 unspecified atom stereocenters. The Morgan fingerprint density at radius 2 is 1.81 bits per heavy atom. The van der Waals surface area contributed by atoms with Crippen molar-refractivity contribution in [2.75, 3.05) is 31.5 Å². The summed E-state index contributed by atoms with van der Waals surface area (Å²) in [5.41, 5.74) is 1.62. The summed E-state index contributed by atoms with van der Waals surface area (Å²) in [6.07, 6.45) is 6.38. The third-order valence-electron chi connectivity index (χ3n) is 5.57. The lowest BCUT2D eigenvalue weighted by Crippen LogP contribution is -2.40. The highest BCUT2D eigenvalue weighted by Crippen LogP contribution is 2.24. The number of hydrogen-bond acceptors (Lipinski definition) is 5. The molecule has 2 amide bonds. The highest BCUT2D eigenvalue weighted by atomic mass is 16.4. The minimum atomic E-state index is -0.0235. The molecule has 0 atom stereocenters. The van der Waals surface area contributed by atoms with Gasteiger partial charge in [0.1, 0.15) is 0 Å². The number of urea groups is 1. The molecule has 2 fully saturated rings. The van der Waals surface area contributed by atoms with E-state index < -0.39 is 0 Å². The van der Waals surface area contributed by atoms with E-state index in [4.69, 9.17) is 4.42 Å². The number of benzene rings is 1. The van der Waals surface area contributed by atoms with Gasteiger partial charge in [-0.3, -0.25) is 4.90 Å². The van der Waals surface area contributed by atoms with E-state index in [1.807, 2.05) is 29.2 Å². The van der Waals surface area contributed by atoms with Crippen LogP contribution in [0.4, 0.5) is 10.5 Å². The molecule has 1 saturated heterocycles. The first kappa shape index (κ1) is 18.0. The van der Waals surface area contributed by atoms with Crippen LogP contribution in [0, 0.1) is 6.92 Å². The van der Waals surface area contributed by atoms with Crippen molar-refractivity contribution < 1.29 is 9.21 Å². The van der Waals surface area contributed by atoms with Gasteiger partial charge in [0.25, 0.3) is 0 Å². The largest absolute Gasteiger partial charge is 0.421 e. The first-order chi connectivity index (χ1) is 13.2. The maximum atomic E-state index is 12.7. The fourth-order valence-corrected chi connectivity index (χ4v) is 4.09. The Morgan fingerprint density at radius 3 is 2.52 bits per heavy atom. The Labute approximate surface area is 159 Å². The van der Waals surface area contributed by atoms with Crippen molar-refractivity contribution in [3.63, 3.8) is 0 Å². The van der Waals surface area contributed by atoms with E-state index in [0.717, 1.165) is 49.9 Å². The lowest BCUT2D eigenvalue weighted by molar-refractivity contribution is 0.195. The second kappa shape index (κ2) is 8.08. The number of amides is 2. The average molecular weight is 369 g/mol. The zero-order valence-corrected chi connectivity index (χ0v) is 15.9. The standard InChI is InChI=1S/C20H27N5O2/c1-15-22-23-19(27-15)16-7-9-17(10-8-16)21-20(26)25-12-4-11-24(13-14-25)18-5-2-3-6-18/h7-10,18H,2-6,11-14H2,1H3,(H,21,26). The molecule has 2 heterocycles. The smallest absolute Gasteiger partial charge is 0.321 e. The van der Waals surface area contributed by atoms with Gasteiger partial charge in [0.2, 0.25) is 11.8 Å². The molecule has 1 aromatic carbocycles. The average Bonchev–Trinajstić information content (AvgIpc) is 3.29. The second-order valence-corrected chi connectivity index (χ2v) is 7.45. The van der Waals surface area contributed by atoms with Crippen molar-refractivity contribution >= 4 is 11.7 Å². The molecule has 2 aliphatic rings. The molecule has 1 aromatic heterocycles. The summed E-state index contributed by atoms with van der Waals surface area (Å²) in [7, 11) is 0. The molecule has 27 heavy (non-hydrogen) atoms. The summed E-state index contributed by atoms with van der Waals surface area (Å²) in [6.45, 7) is 5.45. The zero-order chi connectivity index (χ0) is 18.6. The lowest BCUT2D eigenvalue weighted by atomic mass is 10.2. The highest BCUT2D eigenvalue weighted by Gasteiger charge is 2.26. The van der Waals surface area contributed by atoms with E-state index in [1.165, 1.54) is 25.7 Å². The Hall–Kier alpha value is -2.41. The van der Waals surface area contributed by atoms with Crippen molar-refractivity contribution in [1.29, 1.82) is 0 Å². The monoisotopic (exact) mass is 369 g/mol. The summed E-state index contributed by atoms with van der Waals surface area (Å²) in [4.78, 5) is 17.2. The van der Waals surface area contributed by atoms with Gasteiger partial charge in [0.05, 0.1) is 0 Å². The maximum Gasteiger partial charge on any atom is 0.321 e. The van der Waals surface area contributed by atoms with Crippen LogP contribution in [-0.4, -0.2) is 58.2 Å². The number of nitrogens with zero attached hydrogens (tertiary/aromatic N) is 4. The van der Waals surface area contributed by atoms with Gasteiger partial charge in [-0.05, 0) is 43.5 Å². The topological polar surface area (TPSA) is 74.5 Å². The van der Waals surface area contributed by atoms with Crippen molar-refractivity contribution in [2.45, 2.75) is 45.1 Å². The Kier molecular flexibility index (Phi) is 5.38. The van der Waals surface area contributed by atoms with Gasteiger partial charge >= 0.3 is 6.03 Å². The SMILES string of the molecule is Cc1nnc(-c2ccc(NC(=O)N3CCCN(C4CCCC4)CC3)cc2)o1. The minimum absolute atomic E-state index is 0.0235. The summed E-state index contributed by atoms with van der Waals surface area (Å²) in [5, 5.41) is 10.9. The Balaban J connectivity index is 1.33. The van der Waals surface area contributed by atoms with Gasteiger partial charge in [-0.1, -0.05) is 12.8 Å². The van der Waals surface area contributed by atoms with Gasteiger partial charge in [-0.2, -0.15) is 0 Å². The molecule has 144 valence electrons. The van der Waals surface area contributed by atoms with Gasteiger partial charge in [0.15, 0.2) is 0 Å². The van der Waals surface area contributed by atoms with Crippen LogP contribution >= 0.6 is 0 Å². The first-order valence-corrected chi connectivity index (χ1v) is 9.89. The van der Waals surface area contributed by atoms with Crippen LogP contribution in [0.3, 0.4) is 0 Å². The molecule has 1 aliphatic carbocycles. The summed E-state index contributed by atoms with van der Waals surface area (Å²) < 4.78 is 5.43. The molecular formula is C20H27N5O2. The van der Waals surface area contributed by atoms with Crippen molar-refractivity contribution in [1.82, 2.24) is 20.0 Å². The zero-order valence-electron chi connectivity index (χ0n) is 15.9. The van der Waals surface area contributed by atoms with E-state index in [9.17, 15) is 4.79 Å². The van der Waals surface area contributed by atoms with Crippen LogP contribution in [-0.2, 0) is 0 Å². The molecule has 2 aromatic rings. The molecule has 7 nitrogen and oxygen atoms in total. The third kappa shape index (κ3) is 4.30. The quantitative estimate of drug-likeness (QED) is 0.896. The molecular weight excluding hydrogens is 342 g/mol. The lowest BCUT2D eigenvalue weighted by Gasteiger charge is -2.27. The molecule has 7 heteroatoms. The number of nitrogens with one attached hydrogen (secondary N) is 1. The van der Waals surface area contributed by atoms with Crippen LogP contribution in [0.25, 0.3) is 11.5 Å².